The largest absolute Gasteiger partial charge is 0.332 e. The summed E-state index contributed by atoms with van der Waals surface area (Å²) >= 11 is 1.63. The first-order valence-electron chi connectivity index (χ1n) is 8.17. The molecule has 2 aromatic heterocycles. The first kappa shape index (κ1) is 17.5. The van der Waals surface area contributed by atoms with Crippen molar-refractivity contribution in [2.75, 3.05) is 0 Å². The Balaban J connectivity index is 2.24. The zero-order valence-electron chi connectivity index (χ0n) is 14.8. The molecule has 5 nitrogen and oxygen atoms in total. The van der Waals surface area contributed by atoms with Gasteiger partial charge in [0.25, 0.3) is 5.56 Å². The van der Waals surface area contributed by atoms with Gasteiger partial charge in [-0.05, 0) is 17.0 Å². The minimum absolute atomic E-state index is 0.233. The van der Waals surface area contributed by atoms with Crippen LogP contribution in [0.15, 0.2) is 51.0 Å². The van der Waals surface area contributed by atoms with Gasteiger partial charge in [-0.1, -0.05) is 44.2 Å². The van der Waals surface area contributed by atoms with Crippen LogP contribution < -0.4 is 11.2 Å². The third kappa shape index (κ3) is 3.14. The Bertz CT molecular complexity index is 1040. The SMILES string of the molecule is CC(C)c1cnc2c(c1SCc1ccccc1)c(=O)n(C)c(=O)n2C. The molecule has 2 heterocycles. The molecule has 0 N–H and O–H groups in total. The van der Waals surface area contributed by atoms with E-state index in [1.54, 1.807) is 25.0 Å². The first-order chi connectivity index (χ1) is 11.9. The van der Waals surface area contributed by atoms with E-state index in [4.69, 9.17) is 0 Å². The molecule has 25 heavy (non-hydrogen) atoms. The van der Waals surface area contributed by atoms with Crippen LogP contribution in [0.25, 0.3) is 11.0 Å². The van der Waals surface area contributed by atoms with Crippen molar-refractivity contribution < 1.29 is 0 Å². The van der Waals surface area contributed by atoms with Crippen molar-refractivity contribution in [1.29, 1.82) is 0 Å². The van der Waals surface area contributed by atoms with E-state index in [9.17, 15) is 9.59 Å². The lowest BCUT2D eigenvalue weighted by atomic mass is 10.0. The second kappa shape index (κ2) is 6.88. The van der Waals surface area contributed by atoms with Crippen molar-refractivity contribution in [1.82, 2.24) is 14.1 Å². The highest BCUT2D eigenvalue weighted by Crippen LogP contribution is 2.34. The number of hydrogen-bond donors (Lipinski definition) is 0. The van der Waals surface area contributed by atoms with Crippen LogP contribution in [0.1, 0.15) is 30.9 Å². The zero-order chi connectivity index (χ0) is 18.1. The molecule has 130 valence electrons. The summed E-state index contributed by atoms with van der Waals surface area (Å²) in [7, 11) is 3.16. The monoisotopic (exact) mass is 355 g/mol. The zero-order valence-corrected chi connectivity index (χ0v) is 15.6. The molecular weight excluding hydrogens is 334 g/mol. The van der Waals surface area contributed by atoms with Gasteiger partial charge in [-0.3, -0.25) is 13.9 Å². The molecule has 0 spiro atoms. The summed E-state index contributed by atoms with van der Waals surface area (Å²) in [6.07, 6.45) is 1.79. The molecule has 0 bridgehead atoms. The summed E-state index contributed by atoms with van der Waals surface area (Å²) in [5, 5.41) is 0.525. The summed E-state index contributed by atoms with van der Waals surface area (Å²) in [6.45, 7) is 4.17. The molecule has 0 radical (unpaired) electrons. The molecule has 0 fully saturated rings. The van der Waals surface area contributed by atoms with E-state index in [0.29, 0.717) is 11.0 Å². The third-order valence-corrected chi connectivity index (χ3v) is 5.50. The Labute approximate surface area is 150 Å². The van der Waals surface area contributed by atoms with Crippen molar-refractivity contribution in [2.45, 2.75) is 30.4 Å². The number of pyridine rings is 1. The summed E-state index contributed by atoms with van der Waals surface area (Å²) in [5.41, 5.74) is 2.01. The van der Waals surface area contributed by atoms with Gasteiger partial charge in [-0.2, -0.15) is 0 Å². The quantitative estimate of drug-likeness (QED) is 0.675. The van der Waals surface area contributed by atoms with E-state index in [2.05, 4.69) is 31.0 Å². The third-order valence-electron chi connectivity index (χ3n) is 4.30. The number of aryl methyl sites for hydroxylation is 1. The fourth-order valence-corrected chi connectivity index (χ4v) is 4.09. The Morgan fingerprint density at radius 2 is 1.76 bits per heavy atom. The van der Waals surface area contributed by atoms with E-state index < -0.39 is 0 Å². The van der Waals surface area contributed by atoms with Gasteiger partial charge in [0.2, 0.25) is 0 Å². The van der Waals surface area contributed by atoms with Crippen LogP contribution in [0.5, 0.6) is 0 Å². The lowest BCUT2D eigenvalue weighted by molar-refractivity contribution is 0.703. The van der Waals surface area contributed by atoms with Gasteiger partial charge in [0.1, 0.15) is 5.65 Å². The van der Waals surface area contributed by atoms with Crippen molar-refractivity contribution >= 4 is 22.8 Å². The molecule has 0 saturated heterocycles. The molecule has 0 amide bonds. The predicted octanol–water partition coefficient (Wildman–Crippen LogP) is 3.05. The van der Waals surface area contributed by atoms with Crippen LogP contribution in [0.2, 0.25) is 0 Å². The highest BCUT2D eigenvalue weighted by Gasteiger charge is 2.19. The smallest absolute Gasteiger partial charge is 0.280 e. The molecule has 0 unspecified atom stereocenters. The summed E-state index contributed by atoms with van der Waals surface area (Å²) in [5.74, 6) is 0.989. The maximum absolute atomic E-state index is 12.8. The number of aromatic nitrogens is 3. The van der Waals surface area contributed by atoms with Gasteiger partial charge in [-0.15, -0.1) is 11.8 Å². The van der Waals surface area contributed by atoms with Gasteiger partial charge in [0.05, 0.1) is 5.39 Å². The Morgan fingerprint density at radius 1 is 1.08 bits per heavy atom. The molecule has 0 aliphatic rings. The van der Waals surface area contributed by atoms with E-state index >= 15 is 0 Å². The Hall–Kier alpha value is -2.34. The van der Waals surface area contributed by atoms with Gasteiger partial charge in [0, 0.05) is 30.9 Å². The van der Waals surface area contributed by atoms with Gasteiger partial charge >= 0.3 is 5.69 Å². The van der Waals surface area contributed by atoms with Crippen molar-refractivity contribution in [3.8, 4) is 0 Å². The minimum atomic E-state index is -0.360. The molecule has 6 heteroatoms. The molecule has 3 aromatic rings. The fourth-order valence-electron chi connectivity index (χ4n) is 2.81. The van der Waals surface area contributed by atoms with Crippen LogP contribution in [-0.2, 0) is 19.8 Å². The molecule has 1 aromatic carbocycles. The lowest BCUT2D eigenvalue weighted by Gasteiger charge is -2.16. The normalized spacial score (nSPS) is 11.4. The number of rotatable bonds is 4. The Morgan fingerprint density at radius 3 is 2.40 bits per heavy atom. The maximum Gasteiger partial charge on any atom is 0.332 e. The second-order valence-corrected chi connectivity index (χ2v) is 7.36. The second-order valence-electron chi connectivity index (χ2n) is 6.38. The van der Waals surface area contributed by atoms with Gasteiger partial charge in [0.15, 0.2) is 0 Å². The number of benzene rings is 1. The summed E-state index contributed by atoms with van der Waals surface area (Å²) in [4.78, 5) is 30.3. The van der Waals surface area contributed by atoms with Crippen LogP contribution in [0, 0.1) is 0 Å². The van der Waals surface area contributed by atoms with E-state index in [0.717, 1.165) is 20.8 Å². The van der Waals surface area contributed by atoms with Crippen LogP contribution >= 0.6 is 11.8 Å². The van der Waals surface area contributed by atoms with Crippen LogP contribution in [0.3, 0.4) is 0 Å². The standard InChI is InChI=1S/C19H21N3O2S/c1-12(2)14-10-20-17-15(18(23)22(4)19(24)21(17)3)16(14)25-11-13-8-6-5-7-9-13/h5-10,12H,11H2,1-4H3. The molecular formula is C19H21N3O2S. The van der Waals surface area contributed by atoms with E-state index in [1.165, 1.54) is 17.2 Å². The minimum Gasteiger partial charge on any atom is -0.280 e. The number of hydrogen-bond acceptors (Lipinski definition) is 4. The molecule has 0 saturated carbocycles. The summed E-state index contributed by atoms with van der Waals surface area (Å²) < 4.78 is 2.59. The van der Waals surface area contributed by atoms with Crippen LogP contribution in [-0.4, -0.2) is 14.1 Å². The Kier molecular flexibility index (Phi) is 4.81. The molecule has 0 aliphatic carbocycles. The highest BCUT2D eigenvalue weighted by molar-refractivity contribution is 7.98. The molecule has 0 aliphatic heterocycles. The lowest BCUT2D eigenvalue weighted by Crippen LogP contribution is -2.37. The maximum atomic E-state index is 12.8. The molecule has 3 rings (SSSR count). The number of thioether (sulfide) groups is 1. The fraction of sp³-hybridized carbons (Fsp3) is 0.316. The number of nitrogens with zero attached hydrogens (tertiary/aromatic N) is 3. The number of fused-ring (bicyclic) bond motifs is 1. The van der Waals surface area contributed by atoms with Crippen molar-refractivity contribution in [3.63, 3.8) is 0 Å². The van der Waals surface area contributed by atoms with Gasteiger partial charge < -0.3 is 0 Å². The van der Waals surface area contributed by atoms with E-state index in [1.807, 2.05) is 18.2 Å². The topological polar surface area (TPSA) is 56.9 Å². The average molecular weight is 355 g/mol. The average Bonchev–Trinajstić information content (AvgIpc) is 2.62. The van der Waals surface area contributed by atoms with Gasteiger partial charge in [-0.25, -0.2) is 9.78 Å². The van der Waals surface area contributed by atoms with E-state index in [-0.39, 0.29) is 17.2 Å². The first-order valence-corrected chi connectivity index (χ1v) is 9.15. The molecule has 0 atom stereocenters. The van der Waals surface area contributed by atoms with Crippen molar-refractivity contribution in [3.05, 3.63) is 68.5 Å². The van der Waals surface area contributed by atoms with Crippen molar-refractivity contribution in [2.24, 2.45) is 14.1 Å². The van der Waals surface area contributed by atoms with Crippen LogP contribution in [0.4, 0.5) is 0 Å². The predicted molar refractivity (Wildman–Crippen MR) is 102 cm³/mol. The summed E-state index contributed by atoms with van der Waals surface area (Å²) in [6, 6.07) is 10.1. The highest BCUT2D eigenvalue weighted by atomic mass is 32.2.